The fourth-order valence-corrected chi connectivity index (χ4v) is 5.42. The predicted molar refractivity (Wildman–Crippen MR) is 115 cm³/mol. The minimum Gasteiger partial charge on any atom is -0.379 e. The monoisotopic (exact) mass is 446 g/mol. The number of ether oxygens (including phenoxy) is 1. The third-order valence-corrected chi connectivity index (χ3v) is 7.77. The van der Waals surface area contributed by atoms with E-state index in [9.17, 15) is 17.6 Å². The summed E-state index contributed by atoms with van der Waals surface area (Å²) in [6.07, 6.45) is 0.567. The van der Waals surface area contributed by atoms with Gasteiger partial charge in [-0.2, -0.15) is 0 Å². The molecule has 1 fully saturated rings. The second-order valence-corrected chi connectivity index (χ2v) is 10.4. The van der Waals surface area contributed by atoms with Gasteiger partial charge in [-0.15, -0.1) is 0 Å². The maximum absolute atomic E-state index is 13.6. The number of fused-ring (bicyclic) bond motifs is 1. The average Bonchev–Trinajstić information content (AvgIpc) is 2.73. The maximum Gasteiger partial charge on any atom is 0.240 e. The molecule has 4 rings (SSSR count). The highest BCUT2D eigenvalue weighted by Crippen LogP contribution is 2.49. The van der Waals surface area contributed by atoms with Crippen molar-refractivity contribution in [1.29, 1.82) is 0 Å². The van der Waals surface area contributed by atoms with Crippen molar-refractivity contribution < 1.29 is 22.3 Å². The van der Waals surface area contributed by atoms with Crippen molar-refractivity contribution in [2.45, 2.75) is 36.6 Å². The summed E-state index contributed by atoms with van der Waals surface area (Å²) in [6.45, 7) is 5.04. The number of carbonyl (C=O) groups excluding carboxylic acids is 1. The van der Waals surface area contributed by atoms with Crippen LogP contribution in [0.5, 0.6) is 0 Å². The highest BCUT2D eigenvalue weighted by molar-refractivity contribution is 7.89. The summed E-state index contributed by atoms with van der Waals surface area (Å²) >= 11 is 0. The smallest absolute Gasteiger partial charge is 0.240 e. The number of hydrogen-bond donors (Lipinski definition) is 1. The van der Waals surface area contributed by atoms with Crippen molar-refractivity contribution >= 4 is 15.9 Å². The minimum atomic E-state index is -3.57. The molecule has 1 saturated heterocycles. The molecule has 1 unspecified atom stereocenters. The molecule has 2 aliphatic heterocycles. The Bertz CT molecular complexity index is 1100. The van der Waals surface area contributed by atoms with Crippen molar-refractivity contribution in [3.05, 3.63) is 65.0 Å². The summed E-state index contributed by atoms with van der Waals surface area (Å²) in [5.74, 6) is -0.463. The number of nitrogens with one attached hydrogen (secondary N) is 1. The van der Waals surface area contributed by atoms with Crippen LogP contribution in [0.4, 0.5) is 4.39 Å². The number of carbonyl (C=O) groups is 1. The molecule has 8 heteroatoms. The molecule has 0 saturated carbocycles. The molecule has 0 aliphatic carbocycles. The van der Waals surface area contributed by atoms with Gasteiger partial charge in [0.2, 0.25) is 15.9 Å². The van der Waals surface area contributed by atoms with Gasteiger partial charge in [-0.05, 0) is 54.4 Å². The maximum atomic E-state index is 13.6. The highest BCUT2D eigenvalue weighted by atomic mass is 32.2. The first kappa shape index (κ1) is 21.9. The van der Waals surface area contributed by atoms with Crippen LogP contribution in [0.15, 0.2) is 47.4 Å². The van der Waals surface area contributed by atoms with Gasteiger partial charge in [0.1, 0.15) is 5.82 Å². The van der Waals surface area contributed by atoms with E-state index in [0.717, 1.165) is 16.7 Å². The molecular weight excluding hydrogens is 419 g/mol. The van der Waals surface area contributed by atoms with Gasteiger partial charge in [0.15, 0.2) is 0 Å². The number of sulfonamides is 1. The second kappa shape index (κ2) is 8.00. The van der Waals surface area contributed by atoms with Crippen LogP contribution >= 0.6 is 0 Å². The zero-order valence-electron chi connectivity index (χ0n) is 17.9. The lowest BCUT2D eigenvalue weighted by Gasteiger charge is -2.54. The Morgan fingerprint density at radius 2 is 1.87 bits per heavy atom. The molecule has 1 N–H and O–H groups in total. The van der Waals surface area contributed by atoms with Crippen molar-refractivity contribution in [1.82, 2.24) is 9.62 Å². The summed E-state index contributed by atoms with van der Waals surface area (Å²) in [7, 11) is -2.19. The third-order valence-electron chi connectivity index (χ3n) is 6.36. The van der Waals surface area contributed by atoms with Gasteiger partial charge < -0.3 is 9.64 Å². The van der Waals surface area contributed by atoms with Gasteiger partial charge in [0.25, 0.3) is 0 Å². The van der Waals surface area contributed by atoms with Gasteiger partial charge in [-0.1, -0.05) is 32.0 Å². The highest BCUT2D eigenvalue weighted by Gasteiger charge is 2.53. The molecule has 2 aromatic rings. The summed E-state index contributed by atoms with van der Waals surface area (Å²) < 4.78 is 46.2. The van der Waals surface area contributed by atoms with Crippen LogP contribution in [0.25, 0.3) is 0 Å². The van der Waals surface area contributed by atoms with E-state index >= 15 is 0 Å². The fourth-order valence-electron chi connectivity index (χ4n) is 4.64. The third kappa shape index (κ3) is 3.66. The Morgan fingerprint density at radius 3 is 2.42 bits per heavy atom. The summed E-state index contributed by atoms with van der Waals surface area (Å²) in [5.41, 5.74) is 2.22. The quantitative estimate of drug-likeness (QED) is 0.766. The SMILES string of the molecule is CNS(=O)(=O)c1ccc2c(c1)CCN(C(=O)C(C)C)C2C1(c2ccc(F)cc2)COC1. The van der Waals surface area contributed by atoms with Gasteiger partial charge in [-0.3, -0.25) is 4.79 Å². The normalized spacial score (nSPS) is 20.3. The zero-order valence-corrected chi connectivity index (χ0v) is 18.7. The van der Waals surface area contributed by atoms with E-state index < -0.39 is 15.4 Å². The molecule has 2 aliphatic rings. The van der Waals surface area contributed by atoms with Crippen LogP contribution in [0.1, 0.15) is 36.6 Å². The number of halogens is 1. The number of hydrogen-bond acceptors (Lipinski definition) is 4. The Balaban J connectivity index is 1.87. The van der Waals surface area contributed by atoms with Gasteiger partial charge in [0.05, 0.1) is 29.6 Å². The molecule has 1 amide bonds. The Kier molecular flexibility index (Phi) is 5.66. The molecule has 2 aromatic carbocycles. The van der Waals surface area contributed by atoms with Crippen molar-refractivity contribution in [3.63, 3.8) is 0 Å². The standard InChI is InChI=1S/C23H27FN2O4S/c1-15(2)22(27)26-11-10-16-12-19(31(28,29)25-3)8-9-20(16)21(26)23(13-30-14-23)17-4-6-18(24)7-5-17/h4-9,12,15,21,25H,10-11,13-14H2,1-3H3. The van der Waals surface area contributed by atoms with Gasteiger partial charge in [0, 0.05) is 12.5 Å². The second-order valence-electron chi connectivity index (χ2n) is 8.56. The van der Waals surface area contributed by atoms with Crippen LogP contribution in [0.3, 0.4) is 0 Å². The summed E-state index contributed by atoms with van der Waals surface area (Å²) in [6, 6.07) is 11.1. The van der Waals surface area contributed by atoms with E-state index in [1.807, 2.05) is 24.8 Å². The first-order valence-electron chi connectivity index (χ1n) is 10.4. The van der Waals surface area contributed by atoms with Crippen LogP contribution in [-0.2, 0) is 31.4 Å². The molecule has 31 heavy (non-hydrogen) atoms. The lowest BCUT2D eigenvalue weighted by molar-refractivity contribution is -0.150. The van der Waals surface area contributed by atoms with Crippen LogP contribution < -0.4 is 4.72 Å². The largest absolute Gasteiger partial charge is 0.379 e. The Hall–Kier alpha value is -2.29. The van der Waals surface area contributed by atoms with Crippen molar-refractivity contribution in [3.8, 4) is 0 Å². The number of nitrogens with zero attached hydrogens (tertiary/aromatic N) is 1. The summed E-state index contributed by atoms with van der Waals surface area (Å²) in [4.78, 5) is 15.3. The van der Waals surface area contributed by atoms with Crippen LogP contribution in [-0.4, -0.2) is 46.0 Å². The number of benzene rings is 2. The van der Waals surface area contributed by atoms with E-state index in [0.29, 0.717) is 26.2 Å². The van der Waals surface area contributed by atoms with E-state index in [4.69, 9.17) is 4.74 Å². The average molecular weight is 447 g/mol. The molecule has 0 aromatic heterocycles. The number of amides is 1. The number of rotatable bonds is 5. The zero-order chi connectivity index (χ0) is 22.4. The Morgan fingerprint density at radius 1 is 1.19 bits per heavy atom. The minimum absolute atomic E-state index is 0.0379. The fraction of sp³-hybridized carbons (Fsp3) is 0.435. The van der Waals surface area contributed by atoms with E-state index in [1.54, 1.807) is 24.3 Å². The Labute approximate surface area is 182 Å². The molecule has 0 spiro atoms. The molecule has 6 nitrogen and oxygen atoms in total. The first-order chi connectivity index (χ1) is 14.7. The van der Waals surface area contributed by atoms with Gasteiger partial charge >= 0.3 is 0 Å². The first-order valence-corrected chi connectivity index (χ1v) is 11.9. The van der Waals surface area contributed by atoms with Crippen LogP contribution in [0.2, 0.25) is 0 Å². The van der Waals surface area contributed by atoms with Crippen LogP contribution in [0, 0.1) is 11.7 Å². The van der Waals surface area contributed by atoms with E-state index in [1.165, 1.54) is 19.2 Å². The molecular formula is C23H27FN2O4S. The molecule has 2 heterocycles. The van der Waals surface area contributed by atoms with Gasteiger partial charge in [-0.25, -0.2) is 17.5 Å². The molecule has 0 bridgehead atoms. The lowest BCUT2D eigenvalue weighted by Crippen LogP contribution is -2.59. The lowest BCUT2D eigenvalue weighted by atomic mass is 9.67. The van der Waals surface area contributed by atoms with E-state index in [-0.39, 0.29) is 28.6 Å². The van der Waals surface area contributed by atoms with Crippen molar-refractivity contribution in [2.24, 2.45) is 5.92 Å². The predicted octanol–water partition coefficient (Wildman–Crippen LogP) is 2.78. The molecule has 0 radical (unpaired) electrons. The topological polar surface area (TPSA) is 75.7 Å². The molecule has 1 atom stereocenters. The molecule has 166 valence electrons. The summed E-state index contributed by atoms with van der Waals surface area (Å²) in [5, 5.41) is 0. The van der Waals surface area contributed by atoms with Crippen molar-refractivity contribution in [2.75, 3.05) is 26.8 Å². The van der Waals surface area contributed by atoms with E-state index in [2.05, 4.69) is 4.72 Å².